The average Bonchev–Trinajstić information content (AvgIpc) is 2.34. The van der Waals surface area contributed by atoms with Crippen LogP contribution in [0.1, 0.15) is 5.56 Å². The second-order valence-electron chi connectivity index (χ2n) is 3.79. The molecule has 2 N–H and O–H groups in total. The summed E-state index contributed by atoms with van der Waals surface area (Å²) in [4.78, 5) is 1.31. The van der Waals surface area contributed by atoms with Crippen molar-refractivity contribution in [2.24, 2.45) is 0 Å². The van der Waals surface area contributed by atoms with Crippen LogP contribution in [0.5, 0.6) is 0 Å². The molecule has 0 amide bonds. The van der Waals surface area contributed by atoms with E-state index < -0.39 is 0 Å². The molecule has 0 aliphatic heterocycles. The number of hydrogen-bond acceptors (Lipinski definition) is 2. The minimum atomic E-state index is 0.828. The van der Waals surface area contributed by atoms with Crippen LogP contribution in [0.2, 0.25) is 0 Å². The Bertz CT molecular complexity index is 419. The SMILES string of the molecule is Nc1ccc(CCSc2ccc(Br)cc2)cc1. The van der Waals surface area contributed by atoms with E-state index in [-0.39, 0.29) is 0 Å². The van der Waals surface area contributed by atoms with Crippen LogP contribution in [0.4, 0.5) is 5.69 Å². The Morgan fingerprint density at radius 1 is 0.941 bits per heavy atom. The molecule has 88 valence electrons. The number of halogens is 1. The molecule has 0 spiro atoms. The summed E-state index contributed by atoms with van der Waals surface area (Å²) >= 11 is 5.31. The Hall–Kier alpha value is -0.930. The van der Waals surface area contributed by atoms with Crippen molar-refractivity contribution in [3.8, 4) is 0 Å². The Kier molecular flexibility index (Phi) is 4.51. The van der Waals surface area contributed by atoms with Crippen LogP contribution >= 0.6 is 27.7 Å². The van der Waals surface area contributed by atoms with E-state index in [1.165, 1.54) is 10.5 Å². The molecule has 17 heavy (non-hydrogen) atoms. The highest BCUT2D eigenvalue weighted by Gasteiger charge is 1.96. The predicted octanol–water partition coefficient (Wildman–Crippen LogP) is 4.37. The van der Waals surface area contributed by atoms with Crippen molar-refractivity contribution >= 4 is 33.4 Å². The Morgan fingerprint density at radius 2 is 1.59 bits per heavy atom. The summed E-state index contributed by atoms with van der Waals surface area (Å²) in [6.07, 6.45) is 1.07. The summed E-state index contributed by atoms with van der Waals surface area (Å²) in [5, 5.41) is 0. The number of nitrogens with two attached hydrogens (primary N) is 1. The van der Waals surface area contributed by atoms with E-state index in [4.69, 9.17) is 5.73 Å². The van der Waals surface area contributed by atoms with E-state index in [0.717, 1.165) is 22.3 Å². The Labute approximate surface area is 115 Å². The van der Waals surface area contributed by atoms with Crippen molar-refractivity contribution in [2.75, 3.05) is 11.5 Å². The molecule has 2 rings (SSSR count). The third-order valence-electron chi connectivity index (χ3n) is 2.45. The van der Waals surface area contributed by atoms with Crippen molar-refractivity contribution in [1.29, 1.82) is 0 Å². The zero-order chi connectivity index (χ0) is 12.1. The third kappa shape index (κ3) is 4.10. The van der Waals surface area contributed by atoms with Gasteiger partial charge >= 0.3 is 0 Å². The van der Waals surface area contributed by atoms with Crippen LogP contribution in [-0.2, 0) is 6.42 Å². The first-order valence-electron chi connectivity index (χ1n) is 5.47. The quantitative estimate of drug-likeness (QED) is 0.670. The number of nitrogen functional groups attached to an aromatic ring is 1. The minimum absolute atomic E-state index is 0.828. The molecule has 0 bridgehead atoms. The smallest absolute Gasteiger partial charge is 0.0314 e. The highest BCUT2D eigenvalue weighted by atomic mass is 79.9. The number of thioether (sulfide) groups is 1. The van der Waals surface area contributed by atoms with Gasteiger partial charge < -0.3 is 5.73 Å². The van der Waals surface area contributed by atoms with E-state index in [1.807, 2.05) is 23.9 Å². The van der Waals surface area contributed by atoms with Crippen molar-refractivity contribution in [3.63, 3.8) is 0 Å². The van der Waals surface area contributed by atoms with Gasteiger partial charge in [0.1, 0.15) is 0 Å². The molecule has 0 aliphatic carbocycles. The van der Waals surface area contributed by atoms with Crippen molar-refractivity contribution < 1.29 is 0 Å². The first-order valence-corrected chi connectivity index (χ1v) is 7.25. The topological polar surface area (TPSA) is 26.0 Å². The van der Waals surface area contributed by atoms with Crippen LogP contribution in [0.3, 0.4) is 0 Å². The lowest BCUT2D eigenvalue weighted by Crippen LogP contribution is -1.90. The standard InChI is InChI=1S/C14H14BrNS/c15-12-3-7-14(8-4-12)17-10-9-11-1-5-13(16)6-2-11/h1-8H,9-10,16H2. The van der Waals surface area contributed by atoms with Crippen LogP contribution in [-0.4, -0.2) is 5.75 Å². The molecule has 0 saturated heterocycles. The van der Waals surface area contributed by atoms with E-state index in [9.17, 15) is 0 Å². The normalized spacial score (nSPS) is 10.4. The summed E-state index contributed by atoms with van der Waals surface area (Å²) < 4.78 is 1.13. The zero-order valence-electron chi connectivity index (χ0n) is 9.40. The summed E-state index contributed by atoms with van der Waals surface area (Å²) in [5.74, 6) is 1.09. The molecule has 2 aromatic rings. The summed E-state index contributed by atoms with van der Waals surface area (Å²) in [7, 11) is 0. The highest BCUT2D eigenvalue weighted by Crippen LogP contribution is 2.21. The van der Waals surface area contributed by atoms with E-state index in [2.05, 4.69) is 52.3 Å². The molecular weight excluding hydrogens is 294 g/mol. The van der Waals surface area contributed by atoms with Gasteiger partial charge in [-0.15, -0.1) is 11.8 Å². The van der Waals surface area contributed by atoms with E-state index >= 15 is 0 Å². The van der Waals surface area contributed by atoms with E-state index in [0.29, 0.717) is 0 Å². The fourth-order valence-corrected chi connectivity index (χ4v) is 2.67. The molecule has 0 radical (unpaired) electrons. The lowest BCUT2D eigenvalue weighted by molar-refractivity contribution is 1.15. The zero-order valence-corrected chi connectivity index (χ0v) is 11.8. The summed E-state index contributed by atoms with van der Waals surface area (Å²) in [5.41, 5.74) is 7.82. The molecular formula is C14H14BrNS. The molecule has 0 aliphatic rings. The molecule has 0 unspecified atom stereocenters. The van der Waals surface area contributed by atoms with Gasteiger partial charge in [0.2, 0.25) is 0 Å². The molecule has 3 heteroatoms. The second kappa shape index (κ2) is 6.12. The average molecular weight is 308 g/mol. The highest BCUT2D eigenvalue weighted by molar-refractivity contribution is 9.10. The molecule has 1 nitrogen and oxygen atoms in total. The number of anilines is 1. The van der Waals surface area contributed by atoms with Gasteiger partial charge in [-0.25, -0.2) is 0 Å². The number of aryl methyl sites for hydroxylation is 1. The van der Waals surface area contributed by atoms with Gasteiger partial charge in [-0.2, -0.15) is 0 Å². The van der Waals surface area contributed by atoms with Gasteiger partial charge in [0, 0.05) is 20.8 Å². The first-order chi connectivity index (χ1) is 8.24. The van der Waals surface area contributed by atoms with Gasteiger partial charge in [0.05, 0.1) is 0 Å². The monoisotopic (exact) mass is 307 g/mol. The molecule has 0 fully saturated rings. The molecule has 0 saturated carbocycles. The first kappa shape index (κ1) is 12.5. The Balaban J connectivity index is 1.83. The van der Waals surface area contributed by atoms with Crippen molar-refractivity contribution in [2.45, 2.75) is 11.3 Å². The van der Waals surface area contributed by atoms with Crippen LogP contribution < -0.4 is 5.73 Å². The van der Waals surface area contributed by atoms with Crippen LogP contribution in [0.15, 0.2) is 57.9 Å². The second-order valence-corrected chi connectivity index (χ2v) is 5.88. The maximum atomic E-state index is 5.65. The number of rotatable bonds is 4. The Morgan fingerprint density at radius 3 is 2.24 bits per heavy atom. The summed E-state index contributed by atoms with van der Waals surface area (Å²) in [6.45, 7) is 0. The van der Waals surface area contributed by atoms with Gasteiger partial charge in [0.15, 0.2) is 0 Å². The van der Waals surface area contributed by atoms with Crippen LogP contribution in [0, 0.1) is 0 Å². The number of hydrogen-bond donors (Lipinski definition) is 1. The minimum Gasteiger partial charge on any atom is -0.399 e. The van der Waals surface area contributed by atoms with Crippen LogP contribution in [0.25, 0.3) is 0 Å². The van der Waals surface area contributed by atoms with Gasteiger partial charge in [-0.1, -0.05) is 28.1 Å². The third-order valence-corrected chi connectivity index (χ3v) is 4.00. The van der Waals surface area contributed by atoms with E-state index in [1.54, 1.807) is 0 Å². The maximum absolute atomic E-state index is 5.65. The maximum Gasteiger partial charge on any atom is 0.0314 e. The fraction of sp³-hybridized carbons (Fsp3) is 0.143. The van der Waals surface area contributed by atoms with Gasteiger partial charge in [-0.3, -0.25) is 0 Å². The lowest BCUT2D eigenvalue weighted by Gasteiger charge is -2.03. The largest absolute Gasteiger partial charge is 0.399 e. The molecule has 0 atom stereocenters. The summed E-state index contributed by atoms with van der Waals surface area (Å²) in [6, 6.07) is 16.5. The van der Waals surface area contributed by atoms with Gasteiger partial charge in [-0.05, 0) is 48.4 Å². The predicted molar refractivity (Wildman–Crippen MR) is 79.4 cm³/mol. The number of benzene rings is 2. The van der Waals surface area contributed by atoms with Gasteiger partial charge in [0.25, 0.3) is 0 Å². The lowest BCUT2D eigenvalue weighted by atomic mass is 10.2. The molecule has 0 aromatic heterocycles. The fourth-order valence-electron chi connectivity index (χ4n) is 1.50. The molecule has 2 aromatic carbocycles. The molecule has 0 heterocycles. The van der Waals surface area contributed by atoms with Crippen molar-refractivity contribution in [3.05, 3.63) is 58.6 Å². The van der Waals surface area contributed by atoms with Crippen molar-refractivity contribution in [1.82, 2.24) is 0 Å².